The molecule has 0 aromatic heterocycles. The van der Waals surface area contributed by atoms with Crippen LogP contribution in [0.15, 0.2) is 34.1 Å². The van der Waals surface area contributed by atoms with Crippen molar-refractivity contribution in [3.05, 3.63) is 24.3 Å². The fourth-order valence-corrected chi connectivity index (χ4v) is 6.09. The number of hydrogen-bond donors (Lipinski definition) is 1. The van der Waals surface area contributed by atoms with Gasteiger partial charge in [-0.2, -0.15) is 0 Å². The number of carbonyl (C=O) groups is 1. The summed E-state index contributed by atoms with van der Waals surface area (Å²) in [5.74, 6) is 0.164. The Labute approximate surface area is 155 Å². The highest BCUT2D eigenvalue weighted by molar-refractivity contribution is 8.01. The molecule has 1 saturated heterocycles. The molecule has 1 aliphatic heterocycles. The zero-order valence-corrected chi connectivity index (χ0v) is 16.6. The first kappa shape index (κ1) is 20.3. The van der Waals surface area contributed by atoms with Crippen molar-refractivity contribution in [2.45, 2.75) is 60.6 Å². The molecule has 0 saturated carbocycles. The lowest BCUT2D eigenvalue weighted by Crippen LogP contribution is -2.49. The van der Waals surface area contributed by atoms with Crippen LogP contribution in [0.1, 0.15) is 39.5 Å². The van der Waals surface area contributed by atoms with Crippen LogP contribution in [0.4, 0.5) is 0 Å². The molecule has 1 aliphatic rings. The minimum Gasteiger partial charge on any atom is -0.337 e. The smallest absolute Gasteiger partial charge is 0.236 e. The standard InChI is InChI=1S/C18H28N2O3S2/c1-3-12-25(22,23)17-10-5-4-9-16(17)24-14(2)18(21)20-11-7-6-8-15(20)13-19/h4-5,9-10,14-15H,3,6-8,11-13,19H2,1-2H3. The average molecular weight is 385 g/mol. The molecule has 2 unspecified atom stereocenters. The van der Waals surface area contributed by atoms with Crippen molar-refractivity contribution in [3.63, 3.8) is 0 Å². The molecule has 1 fully saturated rings. The van der Waals surface area contributed by atoms with Crippen LogP contribution in [0, 0.1) is 0 Å². The number of hydrogen-bond acceptors (Lipinski definition) is 5. The number of amides is 1. The Morgan fingerprint density at radius 2 is 2.08 bits per heavy atom. The van der Waals surface area contributed by atoms with Crippen molar-refractivity contribution in [2.75, 3.05) is 18.8 Å². The summed E-state index contributed by atoms with van der Waals surface area (Å²) in [5.41, 5.74) is 5.82. The predicted octanol–water partition coefficient (Wildman–Crippen LogP) is 2.69. The largest absolute Gasteiger partial charge is 0.337 e. The molecule has 2 rings (SSSR count). The van der Waals surface area contributed by atoms with Crippen LogP contribution in [-0.2, 0) is 14.6 Å². The monoisotopic (exact) mass is 384 g/mol. The summed E-state index contributed by atoms with van der Waals surface area (Å²) in [6.45, 7) is 4.91. The van der Waals surface area contributed by atoms with Gasteiger partial charge in [-0.3, -0.25) is 4.79 Å². The number of likely N-dealkylation sites (tertiary alicyclic amines) is 1. The summed E-state index contributed by atoms with van der Waals surface area (Å²) < 4.78 is 25.0. The van der Waals surface area contributed by atoms with E-state index < -0.39 is 9.84 Å². The van der Waals surface area contributed by atoms with Gasteiger partial charge in [-0.25, -0.2) is 8.42 Å². The fraction of sp³-hybridized carbons (Fsp3) is 0.611. The van der Waals surface area contributed by atoms with Crippen LogP contribution >= 0.6 is 11.8 Å². The summed E-state index contributed by atoms with van der Waals surface area (Å²) in [7, 11) is -3.32. The first-order chi connectivity index (χ1) is 11.9. The molecule has 0 radical (unpaired) electrons. The zero-order chi connectivity index (χ0) is 18.4. The predicted molar refractivity (Wildman–Crippen MR) is 103 cm³/mol. The lowest BCUT2D eigenvalue weighted by molar-refractivity contribution is -0.133. The van der Waals surface area contributed by atoms with Gasteiger partial charge in [0.1, 0.15) is 0 Å². The second kappa shape index (κ2) is 9.05. The first-order valence-electron chi connectivity index (χ1n) is 8.89. The van der Waals surface area contributed by atoms with Crippen molar-refractivity contribution < 1.29 is 13.2 Å². The van der Waals surface area contributed by atoms with E-state index in [2.05, 4.69) is 0 Å². The number of piperidine rings is 1. The summed E-state index contributed by atoms with van der Waals surface area (Å²) in [6, 6.07) is 7.06. The fourth-order valence-electron chi connectivity index (χ4n) is 3.19. The van der Waals surface area contributed by atoms with Gasteiger partial charge in [-0.1, -0.05) is 19.1 Å². The third kappa shape index (κ3) is 4.99. The molecular formula is C18H28N2O3S2. The molecule has 1 aromatic rings. The van der Waals surface area contributed by atoms with E-state index in [1.807, 2.05) is 24.8 Å². The highest BCUT2D eigenvalue weighted by Crippen LogP contribution is 2.32. The number of benzene rings is 1. The van der Waals surface area contributed by atoms with Gasteiger partial charge in [-0.15, -0.1) is 11.8 Å². The summed E-state index contributed by atoms with van der Waals surface area (Å²) in [6.07, 6.45) is 3.62. The minimum atomic E-state index is -3.32. The second-order valence-corrected chi connectivity index (χ2v) is 9.90. The maximum Gasteiger partial charge on any atom is 0.236 e. The summed E-state index contributed by atoms with van der Waals surface area (Å²) >= 11 is 1.33. The van der Waals surface area contributed by atoms with Crippen molar-refractivity contribution in [2.24, 2.45) is 5.73 Å². The van der Waals surface area contributed by atoms with E-state index in [0.717, 1.165) is 25.8 Å². The highest BCUT2D eigenvalue weighted by atomic mass is 32.2. The van der Waals surface area contributed by atoms with Gasteiger partial charge in [0.25, 0.3) is 0 Å². The third-order valence-electron chi connectivity index (χ3n) is 4.49. The van der Waals surface area contributed by atoms with Crippen molar-refractivity contribution in [1.29, 1.82) is 0 Å². The van der Waals surface area contributed by atoms with Crippen LogP contribution in [0.5, 0.6) is 0 Å². The molecule has 1 heterocycles. The van der Waals surface area contributed by atoms with E-state index in [1.165, 1.54) is 11.8 Å². The van der Waals surface area contributed by atoms with Gasteiger partial charge in [-0.05, 0) is 44.7 Å². The Morgan fingerprint density at radius 3 is 2.76 bits per heavy atom. The van der Waals surface area contributed by atoms with Gasteiger partial charge in [0.2, 0.25) is 5.91 Å². The van der Waals surface area contributed by atoms with Crippen LogP contribution in [0.2, 0.25) is 0 Å². The maximum absolute atomic E-state index is 12.9. The molecule has 1 aromatic carbocycles. The molecule has 0 bridgehead atoms. The molecule has 140 valence electrons. The molecule has 25 heavy (non-hydrogen) atoms. The SMILES string of the molecule is CCCS(=O)(=O)c1ccccc1SC(C)C(=O)N1CCCCC1CN. The molecule has 0 aliphatic carbocycles. The van der Waals surface area contributed by atoms with Crippen molar-refractivity contribution in [1.82, 2.24) is 4.90 Å². The first-order valence-corrected chi connectivity index (χ1v) is 11.4. The average Bonchev–Trinajstić information content (AvgIpc) is 2.61. The van der Waals surface area contributed by atoms with Gasteiger partial charge < -0.3 is 10.6 Å². The minimum absolute atomic E-state index is 0.0443. The quantitative estimate of drug-likeness (QED) is 0.731. The number of carbonyl (C=O) groups excluding carboxylic acids is 1. The van der Waals surface area contributed by atoms with Crippen LogP contribution in [-0.4, -0.2) is 49.4 Å². The van der Waals surface area contributed by atoms with E-state index in [1.54, 1.807) is 18.2 Å². The van der Waals surface area contributed by atoms with E-state index in [9.17, 15) is 13.2 Å². The van der Waals surface area contributed by atoms with Crippen LogP contribution in [0.25, 0.3) is 0 Å². The molecule has 1 amide bonds. The van der Waals surface area contributed by atoms with Crippen LogP contribution < -0.4 is 5.73 Å². The zero-order valence-electron chi connectivity index (χ0n) is 15.0. The number of rotatable bonds is 7. The Morgan fingerprint density at radius 1 is 1.36 bits per heavy atom. The lowest BCUT2D eigenvalue weighted by atomic mass is 10.0. The summed E-state index contributed by atoms with van der Waals surface area (Å²) in [4.78, 5) is 15.7. The van der Waals surface area contributed by atoms with E-state index >= 15 is 0 Å². The molecule has 7 heteroatoms. The Hall–Kier alpha value is -1.05. The highest BCUT2D eigenvalue weighted by Gasteiger charge is 2.30. The number of nitrogens with two attached hydrogens (primary N) is 1. The Kier molecular flexibility index (Phi) is 7.34. The number of sulfone groups is 1. The maximum atomic E-state index is 12.9. The van der Waals surface area contributed by atoms with Gasteiger partial charge in [0.15, 0.2) is 9.84 Å². The van der Waals surface area contributed by atoms with E-state index in [-0.39, 0.29) is 23.0 Å². The molecule has 2 N–H and O–H groups in total. The van der Waals surface area contributed by atoms with Gasteiger partial charge >= 0.3 is 0 Å². The number of nitrogens with zero attached hydrogens (tertiary/aromatic N) is 1. The third-order valence-corrected chi connectivity index (χ3v) is 7.76. The van der Waals surface area contributed by atoms with Gasteiger partial charge in [0.05, 0.1) is 15.9 Å². The van der Waals surface area contributed by atoms with Crippen molar-refractivity contribution in [3.8, 4) is 0 Å². The molecule has 5 nitrogen and oxygen atoms in total. The molecule has 2 atom stereocenters. The molecular weight excluding hydrogens is 356 g/mol. The Bertz CT molecular complexity index is 691. The van der Waals surface area contributed by atoms with Crippen LogP contribution in [0.3, 0.4) is 0 Å². The Balaban J connectivity index is 2.18. The van der Waals surface area contributed by atoms with Crippen molar-refractivity contribution >= 4 is 27.5 Å². The van der Waals surface area contributed by atoms with E-state index in [0.29, 0.717) is 22.8 Å². The normalized spacial score (nSPS) is 19.6. The molecule has 0 spiro atoms. The van der Waals surface area contributed by atoms with E-state index in [4.69, 9.17) is 5.73 Å². The number of thioether (sulfide) groups is 1. The summed E-state index contributed by atoms with van der Waals surface area (Å²) in [5, 5.41) is -0.342. The second-order valence-electron chi connectivity index (χ2n) is 6.44. The lowest BCUT2D eigenvalue weighted by Gasteiger charge is -2.36. The topological polar surface area (TPSA) is 80.5 Å². The van der Waals surface area contributed by atoms with Gasteiger partial charge in [0, 0.05) is 24.0 Å².